The van der Waals surface area contributed by atoms with Crippen LogP contribution in [0.3, 0.4) is 0 Å². The molecule has 0 unspecified atom stereocenters. The molecule has 1 rings (SSSR count). The van der Waals surface area contributed by atoms with Crippen molar-refractivity contribution in [3.8, 4) is 0 Å². The van der Waals surface area contributed by atoms with Crippen LogP contribution in [0.2, 0.25) is 5.02 Å². The highest BCUT2D eigenvalue weighted by atomic mass is 79.9. The van der Waals surface area contributed by atoms with Crippen LogP contribution in [-0.2, 0) is 9.05 Å². The fraction of sp³-hybridized carbons (Fsp3) is 0.143. The van der Waals surface area contributed by atoms with E-state index in [2.05, 4.69) is 15.9 Å². The summed E-state index contributed by atoms with van der Waals surface area (Å²) in [5.41, 5.74) is 0.774. The van der Waals surface area contributed by atoms with Crippen LogP contribution < -0.4 is 0 Å². The smallest absolute Gasteiger partial charge is 0.207 e. The van der Waals surface area contributed by atoms with Gasteiger partial charge in [0, 0.05) is 15.2 Å². The van der Waals surface area contributed by atoms with Crippen LogP contribution in [0.5, 0.6) is 0 Å². The first-order valence-electron chi connectivity index (χ1n) is 3.22. The van der Waals surface area contributed by atoms with Crippen LogP contribution in [0.4, 0.5) is 0 Å². The Labute approximate surface area is 94.4 Å². The topological polar surface area (TPSA) is 34.1 Å². The van der Waals surface area contributed by atoms with E-state index >= 15 is 0 Å². The molecule has 0 spiro atoms. The zero-order valence-electron chi connectivity index (χ0n) is 6.51. The molecule has 0 N–H and O–H groups in total. The molecule has 0 radical (unpaired) electrons. The minimum absolute atomic E-state index is 0.0669. The molecule has 1 aromatic rings. The van der Waals surface area contributed by atoms with Crippen LogP contribution in [0.15, 0.2) is 21.5 Å². The van der Waals surface area contributed by atoms with Gasteiger partial charge in [0.1, 0.15) is 4.90 Å². The largest absolute Gasteiger partial charge is 0.262 e. The third kappa shape index (κ3) is 2.59. The van der Waals surface area contributed by atoms with Crippen molar-refractivity contribution in [2.24, 2.45) is 0 Å². The molecule has 0 heterocycles. The Hall–Kier alpha value is 0.230. The van der Waals surface area contributed by atoms with E-state index in [1.807, 2.05) is 0 Å². The lowest BCUT2D eigenvalue weighted by Crippen LogP contribution is -1.93. The fourth-order valence-electron chi connectivity index (χ4n) is 0.870. The third-order valence-corrected chi connectivity index (χ3v) is 4.12. The molecule has 13 heavy (non-hydrogen) atoms. The van der Waals surface area contributed by atoms with Gasteiger partial charge in [0.05, 0.1) is 5.02 Å². The second kappa shape index (κ2) is 3.77. The molecule has 0 aliphatic rings. The molecule has 0 bridgehead atoms. The summed E-state index contributed by atoms with van der Waals surface area (Å²) in [6, 6.07) is 3.14. The van der Waals surface area contributed by atoms with Crippen LogP contribution >= 0.6 is 38.2 Å². The van der Waals surface area contributed by atoms with Crippen molar-refractivity contribution in [1.82, 2.24) is 0 Å². The monoisotopic (exact) mass is 302 g/mol. The zero-order valence-corrected chi connectivity index (χ0v) is 10.4. The Morgan fingerprint density at radius 1 is 1.38 bits per heavy atom. The van der Waals surface area contributed by atoms with Gasteiger partial charge in [-0.2, -0.15) is 0 Å². The molecular weight excluding hydrogens is 299 g/mol. The summed E-state index contributed by atoms with van der Waals surface area (Å²) >= 11 is 8.87. The first-order chi connectivity index (χ1) is 5.82. The number of hydrogen-bond acceptors (Lipinski definition) is 2. The zero-order chi connectivity index (χ0) is 10.2. The van der Waals surface area contributed by atoms with Crippen LogP contribution in [-0.4, -0.2) is 8.42 Å². The van der Waals surface area contributed by atoms with Crippen LogP contribution in [0.25, 0.3) is 0 Å². The molecule has 6 heteroatoms. The van der Waals surface area contributed by atoms with Gasteiger partial charge in [-0.1, -0.05) is 11.6 Å². The Morgan fingerprint density at radius 2 is 1.92 bits per heavy atom. The standard InChI is InChI=1S/C7H5BrCl2O2S/c1-4-2-5(8)7(9)6(3-4)13(10,11)12/h2-3H,1H3. The summed E-state index contributed by atoms with van der Waals surface area (Å²) in [5, 5.41) is 0.112. The van der Waals surface area contributed by atoms with E-state index in [1.54, 1.807) is 13.0 Å². The van der Waals surface area contributed by atoms with Crippen molar-refractivity contribution >= 4 is 47.3 Å². The average molecular weight is 304 g/mol. The summed E-state index contributed by atoms with van der Waals surface area (Å²) in [6.45, 7) is 1.76. The predicted octanol–water partition coefficient (Wildman–Crippen LogP) is 3.34. The Bertz CT molecular complexity index is 442. The highest BCUT2D eigenvalue weighted by Gasteiger charge is 2.17. The lowest BCUT2D eigenvalue weighted by atomic mass is 10.2. The number of hydrogen-bond donors (Lipinski definition) is 0. The number of benzene rings is 1. The van der Waals surface area contributed by atoms with Gasteiger partial charge in [0.2, 0.25) is 0 Å². The van der Waals surface area contributed by atoms with E-state index in [0.29, 0.717) is 4.47 Å². The summed E-state index contributed by atoms with van der Waals surface area (Å²) in [5.74, 6) is 0. The summed E-state index contributed by atoms with van der Waals surface area (Å²) in [6.07, 6.45) is 0. The maximum absolute atomic E-state index is 11.0. The van der Waals surface area contributed by atoms with Crippen LogP contribution in [0.1, 0.15) is 5.56 Å². The first-order valence-corrected chi connectivity index (χ1v) is 6.70. The Morgan fingerprint density at radius 3 is 2.38 bits per heavy atom. The molecule has 2 nitrogen and oxygen atoms in total. The molecule has 0 aliphatic heterocycles. The normalized spacial score (nSPS) is 11.7. The summed E-state index contributed by atoms with van der Waals surface area (Å²) in [4.78, 5) is -0.0669. The van der Waals surface area contributed by atoms with Gasteiger partial charge in [-0.15, -0.1) is 0 Å². The number of halogens is 3. The Kier molecular flexibility index (Phi) is 3.28. The van der Waals surface area contributed by atoms with Gasteiger partial charge in [-0.05, 0) is 40.5 Å². The predicted molar refractivity (Wildman–Crippen MR) is 56.9 cm³/mol. The number of aryl methyl sites for hydroxylation is 1. The summed E-state index contributed by atoms with van der Waals surface area (Å²) in [7, 11) is 1.41. The minimum atomic E-state index is -3.77. The minimum Gasteiger partial charge on any atom is -0.207 e. The summed E-state index contributed by atoms with van der Waals surface area (Å²) < 4.78 is 22.6. The van der Waals surface area contributed by atoms with Crippen molar-refractivity contribution in [1.29, 1.82) is 0 Å². The molecule has 0 fully saturated rings. The quantitative estimate of drug-likeness (QED) is 0.746. The van der Waals surface area contributed by atoms with E-state index in [1.165, 1.54) is 6.07 Å². The average Bonchev–Trinajstić information content (AvgIpc) is 1.94. The van der Waals surface area contributed by atoms with E-state index in [0.717, 1.165) is 5.56 Å². The molecule has 0 atom stereocenters. The maximum Gasteiger partial charge on any atom is 0.262 e. The van der Waals surface area contributed by atoms with Gasteiger partial charge >= 0.3 is 0 Å². The maximum atomic E-state index is 11.0. The van der Waals surface area contributed by atoms with Crippen molar-refractivity contribution in [2.45, 2.75) is 11.8 Å². The van der Waals surface area contributed by atoms with E-state index in [4.69, 9.17) is 22.3 Å². The van der Waals surface area contributed by atoms with Gasteiger partial charge in [0.15, 0.2) is 0 Å². The Balaban J connectivity index is 3.56. The molecule has 0 saturated carbocycles. The molecule has 0 aliphatic carbocycles. The molecule has 0 amide bonds. The van der Waals surface area contributed by atoms with Gasteiger partial charge in [-0.25, -0.2) is 8.42 Å². The van der Waals surface area contributed by atoms with Gasteiger partial charge in [-0.3, -0.25) is 0 Å². The second-order valence-electron chi connectivity index (χ2n) is 2.50. The lowest BCUT2D eigenvalue weighted by molar-refractivity contribution is 0.609. The van der Waals surface area contributed by atoms with Crippen molar-refractivity contribution in [2.75, 3.05) is 0 Å². The van der Waals surface area contributed by atoms with E-state index < -0.39 is 9.05 Å². The van der Waals surface area contributed by atoms with Crippen molar-refractivity contribution in [3.05, 3.63) is 27.2 Å². The molecular formula is C7H5BrCl2O2S. The van der Waals surface area contributed by atoms with Gasteiger partial charge < -0.3 is 0 Å². The van der Waals surface area contributed by atoms with Crippen molar-refractivity contribution < 1.29 is 8.42 Å². The van der Waals surface area contributed by atoms with Crippen LogP contribution in [0, 0.1) is 6.92 Å². The number of rotatable bonds is 1. The molecule has 0 saturated heterocycles. The highest BCUT2D eigenvalue weighted by molar-refractivity contribution is 9.10. The van der Waals surface area contributed by atoms with E-state index in [-0.39, 0.29) is 9.92 Å². The molecule has 0 aromatic heterocycles. The lowest BCUT2D eigenvalue weighted by Gasteiger charge is -2.03. The van der Waals surface area contributed by atoms with Gasteiger partial charge in [0.25, 0.3) is 9.05 Å². The SMILES string of the molecule is Cc1cc(Br)c(Cl)c(S(=O)(=O)Cl)c1. The van der Waals surface area contributed by atoms with Crippen molar-refractivity contribution in [3.63, 3.8) is 0 Å². The van der Waals surface area contributed by atoms with E-state index in [9.17, 15) is 8.42 Å². The second-order valence-corrected chi connectivity index (χ2v) is 6.26. The highest BCUT2D eigenvalue weighted by Crippen LogP contribution is 2.32. The third-order valence-electron chi connectivity index (χ3n) is 1.40. The first kappa shape index (κ1) is 11.3. The molecule has 72 valence electrons. The fourth-order valence-corrected chi connectivity index (χ4v) is 3.12. The molecule has 1 aromatic carbocycles.